The third-order valence-electron chi connectivity index (χ3n) is 10.8. The van der Waals surface area contributed by atoms with E-state index in [2.05, 4.69) is 45.0 Å². The predicted molar refractivity (Wildman–Crippen MR) is 169 cm³/mol. The molecule has 12 heteroatoms. The minimum atomic E-state index is -1.29. The third-order valence-corrected chi connectivity index (χ3v) is 12.1. The molecule has 2 aliphatic heterocycles. The van der Waals surface area contributed by atoms with Crippen molar-refractivity contribution < 1.29 is 14.0 Å². The van der Waals surface area contributed by atoms with Crippen molar-refractivity contribution in [2.45, 2.75) is 100 Å². The van der Waals surface area contributed by atoms with Crippen molar-refractivity contribution in [1.29, 1.82) is 0 Å². The third kappa shape index (κ3) is 4.66. The smallest absolute Gasteiger partial charge is 0.238 e. The second-order valence-electron chi connectivity index (χ2n) is 13.6. The van der Waals surface area contributed by atoms with E-state index < -0.39 is 28.7 Å². The highest BCUT2D eigenvalue weighted by Gasteiger charge is 2.73. The molecule has 3 fully saturated rings. The Morgan fingerprint density at radius 1 is 1.09 bits per heavy atom. The number of carbonyl (C=O) groups excluding carboxylic acids is 2. The van der Waals surface area contributed by atoms with E-state index in [1.54, 1.807) is 35.0 Å². The second-order valence-corrected chi connectivity index (χ2v) is 15.3. The van der Waals surface area contributed by atoms with E-state index in [1.807, 2.05) is 6.07 Å². The van der Waals surface area contributed by atoms with Crippen LogP contribution in [0.15, 0.2) is 36.0 Å². The monoisotopic (exact) mass is 656 g/mol. The average molecular weight is 658 g/mol. The van der Waals surface area contributed by atoms with Crippen molar-refractivity contribution in [2.24, 2.45) is 5.41 Å². The SMILES string of the molecule is CC1(C)CCC2(CC1)N[C@@H](C(=O)NC1CCC(c3nncs3)CC1)[C@H](c1ccnc(Cl)c1F)[C@]21C(=O)Nc2cc(Cl)ccc21. The maximum Gasteiger partial charge on any atom is 0.238 e. The Labute approximate surface area is 269 Å². The zero-order chi connectivity index (χ0) is 30.9. The van der Waals surface area contributed by atoms with Gasteiger partial charge in [0.05, 0.1) is 6.04 Å². The normalized spacial score (nSPS) is 30.3. The van der Waals surface area contributed by atoms with E-state index in [-0.39, 0.29) is 34.0 Å². The van der Waals surface area contributed by atoms with E-state index >= 15 is 4.39 Å². The molecule has 8 nitrogen and oxygen atoms in total. The number of amides is 2. The zero-order valence-electron chi connectivity index (χ0n) is 24.6. The lowest BCUT2D eigenvalue weighted by Gasteiger charge is -2.50. The van der Waals surface area contributed by atoms with Crippen LogP contribution in [0.5, 0.6) is 0 Å². The zero-order valence-corrected chi connectivity index (χ0v) is 27.0. The molecule has 0 unspecified atom stereocenters. The van der Waals surface area contributed by atoms with Crippen molar-refractivity contribution in [2.75, 3.05) is 5.32 Å². The molecule has 232 valence electrons. The van der Waals surface area contributed by atoms with Gasteiger partial charge in [-0.3, -0.25) is 14.9 Å². The summed E-state index contributed by atoms with van der Waals surface area (Å²) in [6.07, 6.45) is 7.81. The molecule has 3 N–H and O–H groups in total. The van der Waals surface area contributed by atoms with E-state index in [4.69, 9.17) is 23.2 Å². The fraction of sp³-hybridized carbons (Fsp3) is 0.531. The van der Waals surface area contributed by atoms with E-state index in [0.717, 1.165) is 49.1 Å². The van der Waals surface area contributed by atoms with Gasteiger partial charge in [-0.2, -0.15) is 0 Å². The minimum Gasteiger partial charge on any atom is -0.352 e. The Balaban J connectivity index is 1.31. The van der Waals surface area contributed by atoms with Crippen LogP contribution in [-0.4, -0.2) is 44.6 Å². The number of fused-ring (bicyclic) bond motifs is 3. The molecule has 0 radical (unpaired) electrons. The van der Waals surface area contributed by atoms with Gasteiger partial charge in [-0.1, -0.05) is 43.1 Å². The van der Waals surface area contributed by atoms with Crippen molar-refractivity contribution in [3.05, 3.63) is 68.1 Å². The fourth-order valence-electron chi connectivity index (χ4n) is 8.46. The summed E-state index contributed by atoms with van der Waals surface area (Å²) in [5.41, 5.74) is 1.25. The Hall–Kier alpha value is -2.66. The summed E-state index contributed by atoms with van der Waals surface area (Å²) in [6.45, 7) is 4.46. The van der Waals surface area contributed by atoms with Gasteiger partial charge in [0.2, 0.25) is 11.8 Å². The number of hydrogen-bond donors (Lipinski definition) is 3. The van der Waals surface area contributed by atoms with Crippen molar-refractivity contribution in [3.63, 3.8) is 0 Å². The Morgan fingerprint density at radius 2 is 1.84 bits per heavy atom. The lowest BCUT2D eigenvalue weighted by Crippen LogP contribution is -2.61. The predicted octanol–water partition coefficient (Wildman–Crippen LogP) is 6.51. The topological polar surface area (TPSA) is 109 Å². The van der Waals surface area contributed by atoms with E-state index in [1.165, 1.54) is 6.20 Å². The summed E-state index contributed by atoms with van der Waals surface area (Å²) in [4.78, 5) is 33.0. The molecule has 4 aliphatic rings. The van der Waals surface area contributed by atoms with Crippen molar-refractivity contribution in [3.8, 4) is 0 Å². The van der Waals surface area contributed by atoms with Gasteiger partial charge < -0.3 is 10.6 Å². The molecular formula is C32H35Cl2FN6O2S. The van der Waals surface area contributed by atoms with Gasteiger partial charge in [-0.05, 0) is 86.1 Å². The van der Waals surface area contributed by atoms with E-state index in [9.17, 15) is 9.59 Å². The van der Waals surface area contributed by atoms with Crippen LogP contribution >= 0.6 is 34.5 Å². The Morgan fingerprint density at radius 3 is 2.55 bits per heavy atom. The molecule has 1 saturated heterocycles. The molecule has 3 aromatic rings. The number of aromatic nitrogens is 3. The first-order valence-electron chi connectivity index (χ1n) is 15.3. The molecule has 2 saturated carbocycles. The summed E-state index contributed by atoms with van der Waals surface area (Å²) >= 11 is 14.2. The van der Waals surface area contributed by atoms with Crippen molar-refractivity contribution >= 4 is 52.0 Å². The van der Waals surface area contributed by atoms with Gasteiger partial charge in [0.25, 0.3) is 0 Å². The molecule has 0 bridgehead atoms. The highest BCUT2D eigenvalue weighted by Crippen LogP contribution is 2.64. The molecule has 2 aromatic heterocycles. The van der Waals surface area contributed by atoms with Crippen LogP contribution in [0, 0.1) is 11.2 Å². The van der Waals surface area contributed by atoms with Gasteiger partial charge in [0, 0.05) is 40.3 Å². The number of carbonyl (C=O) groups is 2. The second kappa shape index (κ2) is 11.0. The maximum absolute atomic E-state index is 16.1. The van der Waals surface area contributed by atoms with Gasteiger partial charge in [-0.25, -0.2) is 9.37 Å². The summed E-state index contributed by atoms with van der Waals surface area (Å²) in [6, 6.07) is 6.00. The lowest BCUT2D eigenvalue weighted by atomic mass is 9.53. The molecule has 3 atom stereocenters. The fourth-order valence-corrected chi connectivity index (χ4v) is 9.52. The number of halogens is 3. The quantitative estimate of drug-likeness (QED) is 0.277. The molecule has 4 heterocycles. The van der Waals surface area contributed by atoms with Gasteiger partial charge in [0.15, 0.2) is 11.0 Å². The van der Waals surface area contributed by atoms with Crippen LogP contribution in [0.1, 0.15) is 93.2 Å². The van der Waals surface area contributed by atoms with Crippen LogP contribution in [0.2, 0.25) is 10.2 Å². The molecular weight excluding hydrogens is 622 g/mol. The summed E-state index contributed by atoms with van der Waals surface area (Å²) < 4.78 is 16.1. The van der Waals surface area contributed by atoms with Crippen LogP contribution < -0.4 is 16.0 Å². The Kier molecular flexibility index (Phi) is 7.50. The molecule has 7 rings (SSSR count). The Bertz CT molecular complexity index is 1600. The maximum atomic E-state index is 16.1. The number of pyridine rings is 1. The average Bonchev–Trinajstić information content (AvgIpc) is 3.70. The number of benzene rings is 1. The summed E-state index contributed by atoms with van der Waals surface area (Å²) in [5.74, 6) is -1.75. The first kappa shape index (κ1) is 30.0. The minimum absolute atomic E-state index is 0.0405. The first-order valence-corrected chi connectivity index (χ1v) is 16.9. The van der Waals surface area contributed by atoms with Gasteiger partial charge in [0.1, 0.15) is 15.9 Å². The standard InChI is InChI=1S/C32H35Cl2FN6O2S/c1-30(2)10-12-31(13-11-30)32(21-8-5-18(33)15-22(21)39-29(32)43)23(20-9-14-36-26(34)24(20)35)25(40-31)27(42)38-19-6-3-17(4-7-19)28-41-37-16-44-28/h5,8-9,14-17,19,23,25,40H,3-4,6-7,10-13H2,1-2H3,(H,38,42)(H,39,43)/t17?,19?,23-,25+,32+/m0/s1. The summed E-state index contributed by atoms with van der Waals surface area (Å²) in [5, 5.41) is 19.6. The molecule has 1 aromatic carbocycles. The number of nitrogens with zero attached hydrogens (tertiary/aromatic N) is 3. The summed E-state index contributed by atoms with van der Waals surface area (Å²) in [7, 11) is 0. The van der Waals surface area contributed by atoms with Crippen LogP contribution in [0.3, 0.4) is 0 Å². The number of anilines is 1. The van der Waals surface area contributed by atoms with Gasteiger partial charge >= 0.3 is 0 Å². The number of nitrogens with one attached hydrogen (secondary N) is 3. The molecule has 2 aliphatic carbocycles. The van der Waals surface area contributed by atoms with Crippen LogP contribution in [0.25, 0.3) is 0 Å². The van der Waals surface area contributed by atoms with E-state index in [0.29, 0.717) is 29.5 Å². The largest absolute Gasteiger partial charge is 0.352 e. The number of rotatable bonds is 4. The van der Waals surface area contributed by atoms with Gasteiger partial charge in [-0.15, -0.1) is 21.5 Å². The molecule has 2 spiro atoms. The van der Waals surface area contributed by atoms with Crippen molar-refractivity contribution in [1.82, 2.24) is 25.8 Å². The number of hydrogen-bond acceptors (Lipinski definition) is 7. The van der Waals surface area contributed by atoms with Crippen LogP contribution in [-0.2, 0) is 15.0 Å². The van der Waals surface area contributed by atoms with Crippen LogP contribution in [0.4, 0.5) is 10.1 Å². The lowest BCUT2D eigenvalue weighted by molar-refractivity contribution is -0.125. The highest BCUT2D eigenvalue weighted by atomic mass is 35.5. The molecule has 2 amide bonds. The molecule has 44 heavy (non-hydrogen) atoms. The first-order chi connectivity index (χ1) is 21.0. The highest BCUT2D eigenvalue weighted by molar-refractivity contribution is 7.09.